The number of halogens is 1. The van der Waals surface area contributed by atoms with E-state index in [1.54, 1.807) is 0 Å². The van der Waals surface area contributed by atoms with Crippen LogP contribution in [-0.4, -0.2) is 48.7 Å². The van der Waals surface area contributed by atoms with Crippen molar-refractivity contribution >= 4 is 40.1 Å². The third-order valence-corrected chi connectivity index (χ3v) is 6.82. The van der Waals surface area contributed by atoms with Crippen LogP contribution in [-0.2, 0) is 9.53 Å². The van der Waals surface area contributed by atoms with Gasteiger partial charge in [0.2, 0.25) is 0 Å². The third-order valence-electron chi connectivity index (χ3n) is 6.58. The summed E-state index contributed by atoms with van der Waals surface area (Å²) in [6.45, 7) is 7.30. The lowest BCUT2D eigenvalue weighted by molar-refractivity contribution is -0.145. The second kappa shape index (κ2) is 11.4. The molecule has 1 aliphatic rings. The maximum Gasteiger partial charge on any atom is 0.329 e. The van der Waals surface area contributed by atoms with Crippen molar-refractivity contribution in [1.82, 2.24) is 9.97 Å². The second-order valence-corrected chi connectivity index (χ2v) is 9.19. The molecule has 3 aromatic rings. The molecule has 0 saturated carbocycles. The molecule has 1 aromatic heterocycles. The van der Waals surface area contributed by atoms with Crippen LogP contribution in [0.2, 0.25) is 5.02 Å². The van der Waals surface area contributed by atoms with Crippen molar-refractivity contribution in [2.75, 3.05) is 42.6 Å². The summed E-state index contributed by atoms with van der Waals surface area (Å²) in [7, 11) is 0. The fourth-order valence-electron chi connectivity index (χ4n) is 4.31. The predicted molar refractivity (Wildman–Crippen MR) is 139 cm³/mol. The molecule has 0 unspecified atom stereocenters. The first-order valence-corrected chi connectivity index (χ1v) is 12.5. The van der Waals surface area contributed by atoms with E-state index >= 15 is 0 Å². The van der Waals surface area contributed by atoms with Crippen molar-refractivity contribution in [3.8, 4) is 6.07 Å². The lowest BCUT2D eigenvalue weighted by Gasteiger charge is -2.37. The summed E-state index contributed by atoms with van der Waals surface area (Å²) in [5.41, 5.74) is 2.81. The fraction of sp³-hybridized carbons (Fsp3) is 0.407. The Kier molecular flexibility index (Phi) is 8.04. The summed E-state index contributed by atoms with van der Waals surface area (Å²) in [6.07, 6.45) is 1.83. The predicted octanol–water partition coefficient (Wildman–Crippen LogP) is 5.20. The van der Waals surface area contributed by atoms with Crippen LogP contribution in [0, 0.1) is 17.2 Å². The number of esters is 1. The molecule has 0 amide bonds. The molecular formula is C27H30ClN5O2. The van der Waals surface area contributed by atoms with Gasteiger partial charge in [-0.3, -0.25) is 4.79 Å². The first kappa shape index (κ1) is 24.7. The molecule has 1 fully saturated rings. The number of carbonyl (C=O) groups excluding carboxylic acids is 1. The first-order chi connectivity index (χ1) is 17.0. The molecule has 1 saturated heterocycles. The molecule has 7 nitrogen and oxygen atoms in total. The lowest BCUT2D eigenvalue weighted by Crippen LogP contribution is -2.47. The summed E-state index contributed by atoms with van der Waals surface area (Å²) in [5.74, 6) is -0.856. The number of para-hydroxylation sites is 2. The van der Waals surface area contributed by atoms with Crippen molar-refractivity contribution in [2.24, 2.45) is 5.92 Å². The molecule has 0 N–H and O–H groups in total. The van der Waals surface area contributed by atoms with Crippen LogP contribution in [0.3, 0.4) is 0 Å². The number of fused-ring (bicyclic) bond motifs is 1. The Balaban J connectivity index is 1.61. The number of aromatic nitrogens is 2. The Hall–Kier alpha value is -3.37. The first-order valence-electron chi connectivity index (χ1n) is 12.1. The maximum atomic E-state index is 13.0. The van der Waals surface area contributed by atoms with Crippen molar-refractivity contribution in [1.29, 1.82) is 5.26 Å². The summed E-state index contributed by atoms with van der Waals surface area (Å²) < 4.78 is 5.57. The highest BCUT2D eigenvalue weighted by atomic mass is 35.5. The van der Waals surface area contributed by atoms with Crippen LogP contribution in [0.1, 0.15) is 38.3 Å². The minimum absolute atomic E-state index is 0.278. The number of benzene rings is 2. The lowest BCUT2D eigenvalue weighted by atomic mass is 10.0. The number of anilines is 2. The molecule has 182 valence electrons. The van der Waals surface area contributed by atoms with Crippen molar-refractivity contribution in [2.45, 2.75) is 32.6 Å². The van der Waals surface area contributed by atoms with Crippen LogP contribution in [0.25, 0.3) is 11.0 Å². The minimum Gasteiger partial charge on any atom is -0.464 e. The number of carbonyl (C=O) groups is 1. The standard InChI is InChI=1S/C27H30ClN5O2/c1-3-19(4-2)18-35-27(34)22(17-29)25-26(31-24-11-6-5-10-23(24)30-25)33-14-12-32(13-15-33)21-9-7-8-20(28)16-21/h5-11,16,19,22H,3-4,12-15,18H2,1-2H3/t22-/m0/s1. The molecule has 8 heteroatoms. The zero-order valence-electron chi connectivity index (χ0n) is 20.2. The molecule has 1 atom stereocenters. The summed E-state index contributed by atoms with van der Waals surface area (Å²) in [5, 5.41) is 10.7. The molecule has 4 rings (SSSR count). The molecule has 2 heterocycles. The van der Waals surface area contributed by atoms with Gasteiger partial charge in [0, 0.05) is 36.9 Å². The van der Waals surface area contributed by atoms with Crippen molar-refractivity contribution < 1.29 is 9.53 Å². The minimum atomic E-state index is -1.14. The van der Waals surface area contributed by atoms with E-state index in [1.165, 1.54) is 0 Å². The highest BCUT2D eigenvalue weighted by molar-refractivity contribution is 6.30. The molecule has 0 aliphatic carbocycles. The van der Waals surface area contributed by atoms with Crippen molar-refractivity contribution in [3.63, 3.8) is 0 Å². The van der Waals surface area contributed by atoms with Crippen LogP contribution in [0.5, 0.6) is 0 Å². The summed E-state index contributed by atoms with van der Waals surface area (Å²) >= 11 is 6.18. The second-order valence-electron chi connectivity index (χ2n) is 8.75. The highest BCUT2D eigenvalue weighted by Gasteiger charge is 2.31. The van der Waals surface area contributed by atoms with Crippen LogP contribution >= 0.6 is 11.6 Å². The van der Waals surface area contributed by atoms with Gasteiger partial charge in [-0.1, -0.05) is 56.5 Å². The molecule has 35 heavy (non-hydrogen) atoms. The van der Waals surface area contributed by atoms with Crippen LogP contribution < -0.4 is 9.80 Å². The van der Waals surface area contributed by atoms with E-state index < -0.39 is 11.9 Å². The Bertz CT molecular complexity index is 1220. The molecule has 0 radical (unpaired) electrons. The van der Waals surface area contributed by atoms with E-state index in [0.717, 1.165) is 37.1 Å². The number of ether oxygens (including phenoxy) is 1. The monoisotopic (exact) mass is 491 g/mol. The number of rotatable bonds is 8. The van der Waals surface area contributed by atoms with Crippen LogP contribution in [0.4, 0.5) is 11.5 Å². The van der Waals surface area contributed by atoms with Gasteiger partial charge in [0.05, 0.1) is 23.7 Å². The zero-order chi connectivity index (χ0) is 24.8. The maximum absolute atomic E-state index is 13.0. The van der Waals surface area contributed by atoms with Crippen LogP contribution in [0.15, 0.2) is 48.5 Å². The molecule has 2 aromatic carbocycles. The molecule has 0 spiro atoms. The summed E-state index contributed by atoms with van der Waals surface area (Å²) in [6, 6.07) is 17.5. The van der Waals surface area contributed by atoms with E-state index in [9.17, 15) is 10.1 Å². The Morgan fingerprint density at radius 1 is 1.03 bits per heavy atom. The number of hydrogen-bond acceptors (Lipinski definition) is 7. The average Bonchev–Trinajstić information content (AvgIpc) is 2.89. The molecule has 0 bridgehead atoms. The van der Waals surface area contributed by atoms with E-state index in [4.69, 9.17) is 26.3 Å². The highest BCUT2D eigenvalue weighted by Crippen LogP contribution is 2.30. The third kappa shape index (κ3) is 5.66. The summed E-state index contributed by atoms with van der Waals surface area (Å²) in [4.78, 5) is 27.0. The largest absolute Gasteiger partial charge is 0.464 e. The Morgan fingerprint density at radius 3 is 2.31 bits per heavy atom. The van der Waals surface area contributed by atoms with E-state index in [1.807, 2.05) is 48.5 Å². The van der Waals surface area contributed by atoms with Crippen molar-refractivity contribution in [3.05, 3.63) is 59.2 Å². The van der Waals surface area contributed by atoms with E-state index in [2.05, 4.69) is 29.7 Å². The quantitative estimate of drug-likeness (QED) is 0.400. The zero-order valence-corrected chi connectivity index (χ0v) is 20.9. The Labute approximate surface area is 211 Å². The molecular weight excluding hydrogens is 462 g/mol. The van der Waals surface area contributed by atoms with Gasteiger partial charge in [-0.25, -0.2) is 9.97 Å². The molecule has 1 aliphatic heterocycles. The number of piperazine rings is 1. The topological polar surface area (TPSA) is 82.3 Å². The normalized spacial score (nSPS) is 14.7. The van der Waals surface area contributed by atoms with Gasteiger partial charge in [0.15, 0.2) is 11.7 Å². The Morgan fingerprint density at radius 2 is 1.69 bits per heavy atom. The van der Waals surface area contributed by atoms with Gasteiger partial charge in [0.25, 0.3) is 0 Å². The van der Waals surface area contributed by atoms with Gasteiger partial charge in [-0.15, -0.1) is 0 Å². The number of nitriles is 1. The fourth-order valence-corrected chi connectivity index (χ4v) is 4.50. The van der Waals surface area contributed by atoms with Gasteiger partial charge in [-0.05, 0) is 36.2 Å². The number of nitrogens with zero attached hydrogens (tertiary/aromatic N) is 5. The number of hydrogen-bond donors (Lipinski definition) is 0. The van der Waals surface area contributed by atoms with Gasteiger partial charge < -0.3 is 14.5 Å². The van der Waals surface area contributed by atoms with Gasteiger partial charge in [0.1, 0.15) is 5.69 Å². The van der Waals surface area contributed by atoms with Gasteiger partial charge >= 0.3 is 5.97 Å². The van der Waals surface area contributed by atoms with E-state index in [0.29, 0.717) is 41.7 Å². The average molecular weight is 492 g/mol. The smallest absolute Gasteiger partial charge is 0.329 e. The SMILES string of the molecule is CCC(CC)COC(=O)[C@@H](C#N)c1nc2ccccc2nc1N1CCN(c2cccc(Cl)c2)CC1. The van der Waals surface area contributed by atoms with E-state index in [-0.39, 0.29) is 5.92 Å². The van der Waals surface area contributed by atoms with Gasteiger partial charge in [-0.2, -0.15) is 5.26 Å².